The zero-order chi connectivity index (χ0) is 49.4. The summed E-state index contributed by atoms with van der Waals surface area (Å²) in [6, 6.07) is 49.2. The van der Waals surface area contributed by atoms with Crippen molar-refractivity contribution in [2.45, 2.75) is 50.3 Å². The van der Waals surface area contributed by atoms with Gasteiger partial charge in [-0.2, -0.15) is 0 Å². The predicted molar refractivity (Wildman–Crippen MR) is 259 cm³/mol. The Morgan fingerprint density at radius 2 is 0.739 bits per heavy atom. The number of carboxylic acid groups (broad SMARTS) is 2. The Labute approximate surface area is 415 Å². The van der Waals surface area contributed by atoms with Crippen LogP contribution < -0.4 is 32.3 Å². The zero-order valence-electron chi connectivity index (χ0n) is 38.4. The second-order valence-electron chi connectivity index (χ2n) is 16.6. The van der Waals surface area contributed by atoms with Crippen LogP contribution in [0.2, 0.25) is 0 Å². The average molecular weight is 1020 g/mol. The van der Waals surface area contributed by atoms with E-state index in [1.807, 2.05) is 109 Å². The van der Waals surface area contributed by atoms with Crippen molar-refractivity contribution in [1.82, 2.24) is 10.6 Å². The van der Waals surface area contributed by atoms with Crippen LogP contribution in [-0.2, 0) is 60.6 Å². The molecule has 14 nitrogen and oxygen atoms in total. The molecule has 0 heterocycles. The van der Waals surface area contributed by atoms with Gasteiger partial charge in [0.05, 0.1) is 35.9 Å². The molecule has 2 amide bonds. The molecule has 0 aliphatic carbocycles. The van der Waals surface area contributed by atoms with Gasteiger partial charge in [-0.05, 0) is 71.2 Å². The minimum atomic E-state index is -4.02. The Morgan fingerprint density at radius 3 is 1.01 bits per heavy atom. The number of nitrogens with two attached hydrogens (primary N) is 2. The molecule has 8 atom stereocenters. The van der Waals surface area contributed by atoms with Gasteiger partial charge in [-0.15, -0.1) is 0 Å². The van der Waals surface area contributed by atoms with Crippen LogP contribution in [0.3, 0.4) is 0 Å². The summed E-state index contributed by atoms with van der Waals surface area (Å²) in [7, 11) is -8.05. The van der Waals surface area contributed by atoms with E-state index in [9.17, 15) is 48.3 Å². The van der Waals surface area contributed by atoms with Crippen LogP contribution in [0.15, 0.2) is 170 Å². The van der Waals surface area contributed by atoms with Crippen molar-refractivity contribution < 1.29 is 67.8 Å². The number of rotatable bonds is 20. The van der Waals surface area contributed by atoms with E-state index in [1.54, 1.807) is 60.7 Å². The fourth-order valence-corrected chi connectivity index (χ4v) is 11.0. The van der Waals surface area contributed by atoms with Crippen LogP contribution in [0, 0.1) is 11.8 Å². The molecule has 0 saturated heterocycles. The first kappa shape index (κ1) is 55.7. The van der Waals surface area contributed by atoms with E-state index < -0.39 is 86.3 Å². The van der Waals surface area contributed by atoms with E-state index in [0.29, 0.717) is 11.1 Å². The average Bonchev–Trinajstić information content (AvgIpc) is 3.34. The van der Waals surface area contributed by atoms with Gasteiger partial charge in [-0.1, -0.05) is 170 Å². The maximum atomic E-state index is 13.2. The Kier molecular flexibility index (Phi) is 21.2. The number of hydrogen-bond acceptors (Lipinski definition) is 10. The first-order valence-corrected chi connectivity index (χ1v) is 25.7. The van der Waals surface area contributed by atoms with E-state index >= 15 is 0 Å². The topological polar surface area (TPSA) is 265 Å². The summed E-state index contributed by atoms with van der Waals surface area (Å²) in [5.41, 5.74) is 18.8. The van der Waals surface area contributed by atoms with E-state index in [1.165, 1.54) is 13.8 Å². The quantitative estimate of drug-likeness (QED) is 0.0416. The van der Waals surface area contributed by atoms with Crippen molar-refractivity contribution in [3.8, 4) is 22.3 Å². The molecule has 6 aromatic rings. The number of nitrogens with one attached hydrogen (secondary N) is 2. The smallest absolute Gasteiger partial charge is 0.548 e. The predicted octanol–water partition coefficient (Wildman–Crippen LogP) is 5.39. The molecule has 69 heavy (non-hydrogen) atoms. The van der Waals surface area contributed by atoms with E-state index in [4.69, 9.17) is 11.5 Å². The number of aliphatic carboxylic acids is 2. The van der Waals surface area contributed by atoms with Crippen LogP contribution in [0.5, 0.6) is 0 Å². The van der Waals surface area contributed by atoms with Crippen molar-refractivity contribution in [1.29, 1.82) is 0 Å². The van der Waals surface area contributed by atoms with Crippen molar-refractivity contribution in [2.75, 3.05) is 12.3 Å². The van der Waals surface area contributed by atoms with Crippen molar-refractivity contribution in [3.05, 3.63) is 192 Å². The number of carbonyl (C=O) groups excluding carboxylic acids is 4. The third-order valence-electron chi connectivity index (χ3n) is 11.4. The van der Waals surface area contributed by atoms with Crippen LogP contribution in [-0.4, -0.2) is 57.9 Å². The van der Waals surface area contributed by atoms with Crippen molar-refractivity contribution in [3.63, 3.8) is 0 Å². The first-order valence-electron chi connectivity index (χ1n) is 21.9. The maximum Gasteiger partial charge on any atom is 2.00 e. The van der Waals surface area contributed by atoms with E-state index in [-0.39, 0.29) is 32.3 Å². The molecule has 0 spiro atoms. The molecular weight excluding hydrogens is 968 g/mol. The van der Waals surface area contributed by atoms with Gasteiger partial charge in [0, 0.05) is 12.3 Å². The molecule has 0 aliphatic rings. The number of carbonyl (C=O) groups is 4. The summed E-state index contributed by atoms with van der Waals surface area (Å²) >= 11 is 0. The van der Waals surface area contributed by atoms with Crippen LogP contribution >= 0.6 is 14.7 Å². The molecule has 6 rings (SSSR count). The van der Waals surface area contributed by atoms with E-state index in [2.05, 4.69) is 10.6 Å². The second kappa shape index (κ2) is 26.2. The molecule has 356 valence electrons. The summed E-state index contributed by atoms with van der Waals surface area (Å²) in [6.07, 6.45) is -0.496. The fourth-order valence-electron chi connectivity index (χ4n) is 7.38. The molecule has 17 heteroatoms. The number of carboxylic acids is 2. The molecule has 8 N–H and O–H groups in total. The molecule has 6 aromatic carbocycles. The third kappa shape index (κ3) is 16.7. The Balaban J connectivity index is 0.000000296. The molecular formula is C52H56N4O10P2Zn. The third-order valence-corrected chi connectivity index (χ3v) is 15.6. The summed E-state index contributed by atoms with van der Waals surface area (Å²) in [4.78, 5) is 69.6. The van der Waals surface area contributed by atoms with Gasteiger partial charge < -0.3 is 51.7 Å². The van der Waals surface area contributed by atoms with Gasteiger partial charge in [0.15, 0.2) is 0 Å². The Morgan fingerprint density at radius 1 is 0.478 bits per heavy atom. The normalized spacial score (nSPS) is 15.3. The summed E-state index contributed by atoms with van der Waals surface area (Å²) < 4.78 is 26.4. The van der Waals surface area contributed by atoms with Gasteiger partial charge in [0.1, 0.15) is 11.6 Å². The minimum Gasteiger partial charge on any atom is -0.548 e. The van der Waals surface area contributed by atoms with Crippen molar-refractivity contribution in [2.24, 2.45) is 23.3 Å². The Hall–Kier alpha value is -5.88. The number of amides is 2. The molecule has 0 aliphatic heterocycles. The monoisotopic (exact) mass is 1020 g/mol. The largest absolute Gasteiger partial charge is 2.00 e. The summed E-state index contributed by atoms with van der Waals surface area (Å²) in [5.74, 6) is -8.41. The molecule has 0 radical (unpaired) electrons. The first-order chi connectivity index (χ1) is 32.3. The van der Waals surface area contributed by atoms with Crippen LogP contribution in [0.25, 0.3) is 22.3 Å². The molecule has 0 aromatic heterocycles. The summed E-state index contributed by atoms with van der Waals surface area (Å²) in [5, 5.41) is 27.0. The second-order valence-corrected chi connectivity index (χ2v) is 21.5. The minimum absolute atomic E-state index is 0. The number of hydrogen-bond donors (Lipinski definition) is 6. The Bertz CT molecular complexity index is 2500. The fraction of sp³-hybridized carbons (Fsp3) is 0.231. The van der Waals surface area contributed by atoms with E-state index in [0.717, 1.165) is 33.4 Å². The van der Waals surface area contributed by atoms with Gasteiger partial charge in [0.25, 0.3) is 0 Å². The van der Waals surface area contributed by atoms with Gasteiger partial charge in [-0.25, -0.2) is 0 Å². The zero-order valence-corrected chi connectivity index (χ0v) is 43.1. The van der Waals surface area contributed by atoms with Gasteiger partial charge in [-0.3, -0.25) is 18.7 Å². The standard InChI is InChI=1S/2C26H29N2O5P.Zn/c2*1-18(26(30)31)28-25(29)23(17-34(32,33)24(27)22-10-6-3-7-11-22)16-19-12-14-21(15-13-19)20-8-4-2-5-9-20;/h2*2-15,18,23-24H,16-17,27H2,1H3,(H,28,29)(H,30,31)(H,32,33);/q;;+2/p-2/t2*18-,23-,24-;/m00./s1. The van der Waals surface area contributed by atoms with Gasteiger partial charge >= 0.3 is 19.5 Å². The molecule has 0 bridgehead atoms. The number of benzene rings is 6. The SMILES string of the molecule is C[C@H](NC(=O)[C@@H](Cc1ccc(-c2ccccc2)cc1)CP(=O)(O)[C@H](N)c1ccccc1)C(=O)[O-].C[C@H](NC(=O)[C@@H](Cc1ccc(-c2ccccc2)cc1)CP(=O)(O)[C@H](N)c1ccccc1)C(=O)[O-].[Zn+2]. The molecule has 2 unspecified atom stereocenters. The molecule has 0 fully saturated rings. The molecule has 0 saturated carbocycles. The maximum absolute atomic E-state index is 13.2. The van der Waals surface area contributed by atoms with Crippen LogP contribution in [0.1, 0.15) is 47.7 Å². The van der Waals surface area contributed by atoms with Crippen LogP contribution in [0.4, 0.5) is 0 Å². The van der Waals surface area contributed by atoms with Crippen molar-refractivity contribution >= 4 is 38.5 Å². The summed E-state index contributed by atoms with van der Waals surface area (Å²) in [6.45, 7) is 2.57. The van der Waals surface area contributed by atoms with Gasteiger partial charge in [0.2, 0.25) is 26.6 Å².